The lowest BCUT2D eigenvalue weighted by Gasteiger charge is -2.05. The Morgan fingerprint density at radius 1 is 0.880 bits per heavy atom. The van der Waals surface area contributed by atoms with Crippen LogP contribution in [0.25, 0.3) is 22.0 Å². The van der Waals surface area contributed by atoms with Gasteiger partial charge in [-0.05, 0) is 12.1 Å². The average molecular weight is 345 g/mol. The van der Waals surface area contributed by atoms with E-state index < -0.39 is 0 Å². The van der Waals surface area contributed by atoms with Crippen LogP contribution in [0.15, 0.2) is 72.5 Å². The Kier molecular flexibility index (Phi) is 4.43. The van der Waals surface area contributed by atoms with Crippen molar-refractivity contribution >= 4 is 17.2 Å². The quantitative estimate of drug-likeness (QED) is 0.585. The number of nitrogens with zero attached hydrogens (tertiary/aromatic N) is 4. The standard InChI is InChI=1S/C19H15N5S/c1-2-6-14(7-3-1)17-10-18(23-13-22-17)21-11-15-12-25-19(24-15)16-8-4-5-9-20-16/h1-10,12-13H,11H2,(H,21,22,23). The maximum Gasteiger partial charge on any atom is 0.142 e. The molecule has 5 nitrogen and oxygen atoms in total. The highest BCUT2D eigenvalue weighted by Crippen LogP contribution is 2.22. The SMILES string of the molecule is c1ccc(-c2cc(NCc3csc(-c4ccccn4)n3)ncn2)cc1. The Labute approximate surface area is 149 Å². The predicted octanol–water partition coefficient (Wildman–Crippen LogP) is 4.27. The molecule has 3 aromatic heterocycles. The van der Waals surface area contributed by atoms with Crippen LogP contribution in [0.5, 0.6) is 0 Å². The molecule has 0 saturated heterocycles. The monoisotopic (exact) mass is 345 g/mol. The van der Waals surface area contributed by atoms with Crippen molar-refractivity contribution in [3.63, 3.8) is 0 Å². The van der Waals surface area contributed by atoms with E-state index in [1.807, 2.05) is 60.0 Å². The Bertz CT molecular complexity index is 954. The summed E-state index contributed by atoms with van der Waals surface area (Å²) < 4.78 is 0. The van der Waals surface area contributed by atoms with Crippen molar-refractivity contribution < 1.29 is 0 Å². The van der Waals surface area contributed by atoms with Gasteiger partial charge < -0.3 is 5.32 Å². The van der Waals surface area contributed by atoms with Crippen LogP contribution in [0.2, 0.25) is 0 Å². The van der Waals surface area contributed by atoms with E-state index >= 15 is 0 Å². The van der Waals surface area contributed by atoms with Gasteiger partial charge in [0.1, 0.15) is 17.2 Å². The van der Waals surface area contributed by atoms with Crippen molar-refractivity contribution in [2.45, 2.75) is 6.54 Å². The highest BCUT2D eigenvalue weighted by atomic mass is 32.1. The molecule has 0 amide bonds. The molecule has 122 valence electrons. The van der Waals surface area contributed by atoms with Crippen molar-refractivity contribution in [3.8, 4) is 22.0 Å². The summed E-state index contributed by atoms with van der Waals surface area (Å²) >= 11 is 1.59. The highest BCUT2D eigenvalue weighted by Gasteiger charge is 2.06. The van der Waals surface area contributed by atoms with Crippen molar-refractivity contribution in [1.82, 2.24) is 19.9 Å². The first-order valence-corrected chi connectivity index (χ1v) is 8.73. The molecule has 0 aliphatic heterocycles. The maximum atomic E-state index is 4.63. The van der Waals surface area contributed by atoms with Gasteiger partial charge in [-0.2, -0.15) is 0 Å². The molecular formula is C19H15N5S. The van der Waals surface area contributed by atoms with Crippen LogP contribution in [-0.4, -0.2) is 19.9 Å². The Hall–Kier alpha value is -3.12. The Morgan fingerprint density at radius 2 is 1.76 bits per heavy atom. The van der Waals surface area contributed by atoms with E-state index in [9.17, 15) is 0 Å². The third-order valence-corrected chi connectivity index (χ3v) is 4.54. The maximum absolute atomic E-state index is 4.63. The molecule has 4 aromatic rings. The smallest absolute Gasteiger partial charge is 0.142 e. The molecule has 4 rings (SSSR count). The van der Waals surface area contributed by atoms with Gasteiger partial charge >= 0.3 is 0 Å². The third kappa shape index (κ3) is 3.70. The lowest BCUT2D eigenvalue weighted by molar-refractivity contribution is 1.04. The zero-order valence-corrected chi connectivity index (χ0v) is 14.1. The number of rotatable bonds is 5. The van der Waals surface area contributed by atoms with Gasteiger partial charge in [0, 0.05) is 23.2 Å². The second kappa shape index (κ2) is 7.19. The van der Waals surface area contributed by atoms with Crippen molar-refractivity contribution in [1.29, 1.82) is 0 Å². The van der Waals surface area contributed by atoms with Gasteiger partial charge in [-0.15, -0.1) is 11.3 Å². The molecule has 1 aromatic carbocycles. The van der Waals surface area contributed by atoms with E-state index in [1.165, 1.54) is 0 Å². The van der Waals surface area contributed by atoms with Crippen LogP contribution in [0.1, 0.15) is 5.69 Å². The number of pyridine rings is 1. The molecule has 0 aliphatic carbocycles. The summed E-state index contributed by atoms with van der Waals surface area (Å²) in [6, 6.07) is 17.8. The number of aromatic nitrogens is 4. The van der Waals surface area contributed by atoms with Crippen molar-refractivity contribution in [2.24, 2.45) is 0 Å². The molecule has 0 spiro atoms. The summed E-state index contributed by atoms with van der Waals surface area (Å²) in [7, 11) is 0. The normalized spacial score (nSPS) is 10.6. The number of hydrogen-bond acceptors (Lipinski definition) is 6. The summed E-state index contributed by atoms with van der Waals surface area (Å²) in [5.74, 6) is 0.779. The van der Waals surface area contributed by atoms with Gasteiger partial charge in [0.05, 0.1) is 23.6 Å². The van der Waals surface area contributed by atoms with Gasteiger partial charge in [0.25, 0.3) is 0 Å². The van der Waals surface area contributed by atoms with Gasteiger partial charge in [-0.3, -0.25) is 4.98 Å². The number of anilines is 1. The van der Waals surface area contributed by atoms with E-state index in [4.69, 9.17) is 0 Å². The molecule has 0 aliphatic rings. The molecular weight excluding hydrogens is 330 g/mol. The predicted molar refractivity (Wildman–Crippen MR) is 100 cm³/mol. The first-order chi connectivity index (χ1) is 12.4. The van der Waals surface area contributed by atoms with Crippen LogP contribution in [-0.2, 0) is 6.54 Å². The zero-order valence-electron chi connectivity index (χ0n) is 13.3. The Balaban J connectivity index is 1.46. The first kappa shape index (κ1) is 15.4. The molecule has 3 heterocycles. The van der Waals surface area contributed by atoms with E-state index in [2.05, 4.69) is 25.3 Å². The van der Waals surface area contributed by atoms with E-state index in [0.29, 0.717) is 6.54 Å². The van der Waals surface area contributed by atoms with Crippen molar-refractivity contribution in [3.05, 3.63) is 78.2 Å². The molecule has 6 heteroatoms. The lowest BCUT2D eigenvalue weighted by atomic mass is 10.1. The second-order valence-electron chi connectivity index (χ2n) is 5.37. The van der Waals surface area contributed by atoms with Crippen LogP contribution < -0.4 is 5.32 Å². The fourth-order valence-electron chi connectivity index (χ4n) is 2.40. The second-order valence-corrected chi connectivity index (χ2v) is 6.23. The van der Waals surface area contributed by atoms with Gasteiger partial charge in [-0.25, -0.2) is 15.0 Å². The largest absolute Gasteiger partial charge is 0.364 e. The molecule has 0 saturated carbocycles. The summed E-state index contributed by atoms with van der Waals surface area (Å²) in [4.78, 5) is 17.6. The third-order valence-electron chi connectivity index (χ3n) is 3.62. The number of benzene rings is 1. The van der Waals surface area contributed by atoms with Gasteiger partial charge in [-0.1, -0.05) is 36.4 Å². The zero-order chi connectivity index (χ0) is 16.9. The van der Waals surface area contributed by atoms with Crippen LogP contribution in [0, 0.1) is 0 Å². The molecule has 0 radical (unpaired) electrons. The van der Waals surface area contributed by atoms with Crippen LogP contribution >= 0.6 is 11.3 Å². The van der Waals surface area contributed by atoms with Crippen molar-refractivity contribution in [2.75, 3.05) is 5.32 Å². The number of hydrogen-bond donors (Lipinski definition) is 1. The summed E-state index contributed by atoms with van der Waals surface area (Å²) in [5.41, 5.74) is 3.82. The topological polar surface area (TPSA) is 63.6 Å². The van der Waals surface area contributed by atoms with E-state index in [1.54, 1.807) is 23.9 Å². The number of thiazole rings is 1. The average Bonchev–Trinajstić information content (AvgIpc) is 3.17. The first-order valence-electron chi connectivity index (χ1n) is 7.85. The molecule has 0 fully saturated rings. The highest BCUT2D eigenvalue weighted by molar-refractivity contribution is 7.13. The molecule has 0 unspecified atom stereocenters. The molecule has 25 heavy (non-hydrogen) atoms. The lowest BCUT2D eigenvalue weighted by Crippen LogP contribution is -2.02. The van der Waals surface area contributed by atoms with Crippen LogP contribution in [0.4, 0.5) is 5.82 Å². The molecule has 1 N–H and O–H groups in total. The van der Waals surface area contributed by atoms with Crippen LogP contribution in [0.3, 0.4) is 0 Å². The minimum Gasteiger partial charge on any atom is -0.364 e. The fourth-order valence-corrected chi connectivity index (χ4v) is 3.19. The molecule has 0 bridgehead atoms. The summed E-state index contributed by atoms with van der Waals surface area (Å²) in [6.07, 6.45) is 3.35. The number of nitrogens with one attached hydrogen (secondary N) is 1. The minimum absolute atomic E-state index is 0.606. The minimum atomic E-state index is 0.606. The van der Waals surface area contributed by atoms with E-state index in [0.717, 1.165) is 33.5 Å². The van der Waals surface area contributed by atoms with Gasteiger partial charge in [0.2, 0.25) is 0 Å². The van der Waals surface area contributed by atoms with Gasteiger partial charge in [0.15, 0.2) is 0 Å². The summed E-state index contributed by atoms with van der Waals surface area (Å²) in [6.45, 7) is 0.606. The molecule has 0 atom stereocenters. The Morgan fingerprint density at radius 3 is 2.60 bits per heavy atom. The van der Waals surface area contributed by atoms with E-state index in [-0.39, 0.29) is 0 Å². The summed E-state index contributed by atoms with van der Waals surface area (Å²) in [5, 5.41) is 6.27. The fraction of sp³-hybridized carbons (Fsp3) is 0.0526.